The van der Waals surface area contributed by atoms with Crippen molar-refractivity contribution in [2.75, 3.05) is 5.88 Å². The number of halogens is 1. The molecule has 0 aromatic carbocycles. The Kier molecular flexibility index (Phi) is 3.98. The third-order valence-electron chi connectivity index (χ3n) is 3.39. The molecule has 1 unspecified atom stereocenters. The summed E-state index contributed by atoms with van der Waals surface area (Å²) < 4.78 is 26.7. The van der Waals surface area contributed by atoms with E-state index in [1.165, 1.54) is 21.0 Å². The van der Waals surface area contributed by atoms with Crippen molar-refractivity contribution < 1.29 is 8.42 Å². The normalized spacial score (nSPS) is 13.7. The molecule has 0 amide bonds. The Morgan fingerprint density at radius 3 is 2.48 bits per heavy atom. The van der Waals surface area contributed by atoms with Gasteiger partial charge in [-0.2, -0.15) is 4.98 Å². The Labute approximate surface area is 125 Å². The quantitative estimate of drug-likeness (QED) is 0.776. The third kappa shape index (κ3) is 2.40. The summed E-state index contributed by atoms with van der Waals surface area (Å²) in [6.45, 7) is 1.52. The van der Waals surface area contributed by atoms with E-state index < -0.39 is 26.3 Å². The fourth-order valence-corrected chi connectivity index (χ4v) is 3.66. The number of nitrogens with zero attached hydrogens (tertiary/aromatic N) is 3. The lowest BCUT2D eigenvalue weighted by Gasteiger charge is -2.07. The maximum Gasteiger partial charge on any atom is 0.332 e. The summed E-state index contributed by atoms with van der Waals surface area (Å²) in [4.78, 5) is 30.2. The molecular formula is C11H15ClN4O4S. The van der Waals surface area contributed by atoms with Crippen LogP contribution in [0.4, 0.5) is 0 Å². The molecule has 0 saturated heterocycles. The van der Waals surface area contributed by atoms with Gasteiger partial charge in [0.2, 0.25) is 15.0 Å². The molecule has 10 heteroatoms. The number of aromatic nitrogens is 4. The summed E-state index contributed by atoms with van der Waals surface area (Å²) in [5, 5.41) is -1.06. The van der Waals surface area contributed by atoms with Gasteiger partial charge < -0.3 is 4.98 Å². The van der Waals surface area contributed by atoms with E-state index in [0.29, 0.717) is 0 Å². The highest BCUT2D eigenvalue weighted by atomic mass is 35.5. The number of nitrogens with one attached hydrogen (secondary N) is 1. The maximum atomic E-state index is 12.3. The van der Waals surface area contributed by atoms with Gasteiger partial charge in [-0.05, 0) is 13.3 Å². The maximum absolute atomic E-state index is 12.3. The van der Waals surface area contributed by atoms with E-state index in [4.69, 9.17) is 11.6 Å². The van der Waals surface area contributed by atoms with E-state index >= 15 is 0 Å². The van der Waals surface area contributed by atoms with Crippen LogP contribution in [-0.2, 0) is 23.9 Å². The van der Waals surface area contributed by atoms with Gasteiger partial charge in [-0.25, -0.2) is 13.2 Å². The van der Waals surface area contributed by atoms with Crippen LogP contribution in [0.15, 0.2) is 14.7 Å². The number of hydrogen-bond donors (Lipinski definition) is 1. The van der Waals surface area contributed by atoms with E-state index in [2.05, 4.69) is 9.97 Å². The highest BCUT2D eigenvalue weighted by molar-refractivity contribution is 7.91. The van der Waals surface area contributed by atoms with E-state index in [9.17, 15) is 18.0 Å². The van der Waals surface area contributed by atoms with E-state index in [1.807, 2.05) is 0 Å². The summed E-state index contributed by atoms with van der Waals surface area (Å²) >= 11 is 5.57. The molecule has 2 rings (SSSR count). The molecule has 0 aliphatic carbocycles. The second-order valence-electron chi connectivity index (χ2n) is 4.78. The average molecular weight is 335 g/mol. The van der Waals surface area contributed by atoms with Gasteiger partial charge in [0.15, 0.2) is 11.2 Å². The largest absolute Gasteiger partial charge is 0.332 e. The highest BCUT2D eigenvalue weighted by Gasteiger charge is 2.27. The first-order chi connectivity index (χ1) is 9.71. The van der Waals surface area contributed by atoms with Crippen molar-refractivity contribution in [3.8, 4) is 0 Å². The van der Waals surface area contributed by atoms with Crippen LogP contribution in [0.1, 0.15) is 13.3 Å². The number of sulfone groups is 1. The van der Waals surface area contributed by atoms with Crippen LogP contribution in [0, 0.1) is 0 Å². The topological polar surface area (TPSA) is 107 Å². The number of alkyl halides is 1. The molecule has 2 aromatic heterocycles. The molecule has 0 aliphatic rings. The van der Waals surface area contributed by atoms with Crippen LogP contribution in [-0.4, -0.2) is 38.6 Å². The van der Waals surface area contributed by atoms with Gasteiger partial charge in [0, 0.05) is 20.0 Å². The molecule has 8 nitrogen and oxygen atoms in total. The predicted octanol–water partition coefficient (Wildman–Crippen LogP) is -0.249. The summed E-state index contributed by atoms with van der Waals surface area (Å²) in [6.07, 6.45) is 0.262. The molecule has 2 heterocycles. The monoisotopic (exact) mass is 334 g/mol. The summed E-state index contributed by atoms with van der Waals surface area (Å²) in [5.41, 5.74) is -1.19. The van der Waals surface area contributed by atoms with Crippen LogP contribution >= 0.6 is 11.6 Å². The zero-order valence-electron chi connectivity index (χ0n) is 11.8. The molecule has 1 atom stereocenters. The molecule has 116 valence electrons. The van der Waals surface area contributed by atoms with Crippen molar-refractivity contribution in [1.82, 2.24) is 19.1 Å². The van der Waals surface area contributed by atoms with Crippen molar-refractivity contribution in [3.05, 3.63) is 20.8 Å². The van der Waals surface area contributed by atoms with Gasteiger partial charge in [0.05, 0.1) is 5.25 Å². The molecule has 0 spiro atoms. The van der Waals surface area contributed by atoms with Crippen molar-refractivity contribution in [3.63, 3.8) is 0 Å². The van der Waals surface area contributed by atoms with Gasteiger partial charge >= 0.3 is 5.69 Å². The van der Waals surface area contributed by atoms with Crippen molar-refractivity contribution in [2.45, 2.75) is 23.8 Å². The Hall–Kier alpha value is -1.61. The molecule has 0 saturated carbocycles. The minimum Gasteiger partial charge on any atom is -0.323 e. The zero-order valence-corrected chi connectivity index (χ0v) is 13.3. The van der Waals surface area contributed by atoms with Crippen molar-refractivity contribution in [1.29, 1.82) is 0 Å². The molecule has 21 heavy (non-hydrogen) atoms. The van der Waals surface area contributed by atoms with E-state index in [0.717, 1.165) is 9.13 Å². The number of imidazole rings is 1. The number of H-pyrrole nitrogens is 1. The minimum atomic E-state index is -3.74. The first kappa shape index (κ1) is 15.8. The Bertz CT molecular complexity index is 909. The fraction of sp³-hybridized carbons (Fsp3) is 0.545. The Balaban J connectivity index is 2.76. The number of aryl methyl sites for hydroxylation is 1. The molecule has 0 radical (unpaired) electrons. The van der Waals surface area contributed by atoms with Crippen LogP contribution in [0.3, 0.4) is 0 Å². The van der Waals surface area contributed by atoms with Crippen LogP contribution in [0.2, 0.25) is 0 Å². The standard InChI is InChI=1S/C11H15ClN4O4S/c1-6(4-5-12)21(19,20)10-13-7-8(14-10)15(2)11(18)16(3)9(7)17/h6H,4-5H2,1-3H3,(H,13,14). The molecule has 0 aliphatic heterocycles. The van der Waals surface area contributed by atoms with Gasteiger partial charge in [-0.15, -0.1) is 11.6 Å². The SMILES string of the molecule is CC(CCCl)S(=O)(=O)c1nc2c([nH]1)c(=O)n(C)c(=O)n2C. The molecule has 1 N–H and O–H groups in total. The average Bonchev–Trinajstić information content (AvgIpc) is 2.89. The van der Waals surface area contributed by atoms with Gasteiger partial charge in [-0.1, -0.05) is 0 Å². The molecule has 2 aromatic rings. The fourth-order valence-electron chi connectivity index (χ4n) is 1.94. The number of fused-ring (bicyclic) bond motifs is 1. The van der Waals surface area contributed by atoms with Crippen LogP contribution < -0.4 is 11.2 Å². The van der Waals surface area contributed by atoms with Gasteiger partial charge in [0.25, 0.3) is 5.56 Å². The summed E-state index contributed by atoms with van der Waals surface area (Å²) in [5.74, 6) is 0.195. The smallest absolute Gasteiger partial charge is 0.323 e. The molecular weight excluding hydrogens is 320 g/mol. The van der Waals surface area contributed by atoms with E-state index in [-0.39, 0.29) is 28.6 Å². The lowest BCUT2D eigenvalue weighted by atomic mass is 10.4. The number of hydrogen-bond acceptors (Lipinski definition) is 5. The predicted molar refractivity (Wildman–Crippen MR) is 78.6 cm³/mol. The Morgan fingerprint density at radius 2 is 1.90 bits per heavy atom. The highest BCUT2D eigenvalue weighted by Crippen LogP contribution is 2.17. The van der Waals surface area contributed by atoms with Gasteiger partial charge in [-0.3, -0.25) is 13.9 Å². The molecule has 0 fully saturated rings. The number of aromatic amines is 1. The van der Waals surface area contributed by atoms with Gasteiger partial charge in [0.1, 0.15) is 0 Å². The minimum absolute atomic E-state index is 0.0137. The Morgan fingerprint density at radius 1 is 1.29 bits per heavy atom. The lowest BCUT2D eigenvalue weighted by molar-refractivity contribution is 0.574. The number of rotatable bonds is 4. The van der Waals surface area contributed by atoms with Crippen molar-refractivity contribution in [2.24, 2.45) is 14.1 Å². The zero-order chi connectivity index (χ0) is 15.9. The lowest BCUT2D eigenvalue weighted by Crippen LogP contribution is -2.36. The summed E-state index contributed by atoms with van der Waals surface area (Å²) in [6, 6.07) is 0. The van der Waals surface area contributed by atoms with Crippen LogP contribution in [0.5, 0.6) is 0 Å². The van der Waals surface area contributed by atoms with Crippen molar-refractivity contribution >= 4 is 32.6 Å². The summed E-state index contributed by atoms with van der Waals surface area (Å²) in [7, 11) is -1.00. The van der Waals surface area contributed by atoms with Crippen LogP contribution in [0.25, 0.3) is 11.2 Å². The second-order valence-corrected chi connectivity index (χ2v) is 7.44. The third-order valence-corrected chi connectivity index (χ3v) is 5.63. The molecule has 0 bridgehead atoms. The first-order valence-electron chi connectivity index (χ1n) is 6.17. The van der Waals surface area contributed by atoms with E-state index in [1.54, 1.807) is 0 Å². The second kappa shape index (κ2) is 5.30. The first-order valence-corrected chi connectivity index (χ1v) is 8.25.